The maximum atomic E-state index is 12.0. The molecule has 0 aliphatic carbocycles. The summed E-state index contributed by atoms with van der Waals surface area (Å²) >= 11 is 0. The zero-order valence-electron chi connectivity index (χ0n) is 13.6. The molecule has 22 heavy (non-hydrogen) atoms. The van der Waals surface area contributed by atoms with E-state index in [0.717, 1.165) is 35.8 Å². The van der Waals surface area contributed by atoms with E-state index in [0.29, 0.717) is 13.1 Å². The molecule has 0 fully saturated rings. The van der Waals surface area contributed by atoms with Crippen molar-refractivity contribution in [3.8, 4) is 0 Å². The number of nitrogens with zero attached hydrogens (tertiary/aromatic N) is 4. The van der Waals surface area contributed by atoms with Crippen molar-refractivity contribution in [3.05, 3.63) is 35.0 Å². The van der Waals surface area contributed by atoms with Crippen LogP contribution in [0, 0.1) is 20.8 Å². The first-order valence-electron chi connectivity index (χ1n) is 7.38. The second-order valence-corrected chi connectivity index (χ2v) is 5.52. The summed E-state index contributed by atoms with van der Waals surface area (Å²) in [4.78, 5) is 13.6. The molecule has 7 nitrogen and oxygen atoms in total. The standard InChI is InChI=1S/C15H23N5O2/c1-11-8-12(2)20(17-11)7-5-6-16-15(21)19(4)10-14-9-13(3)22-18-14/h8-9H,5-7,10H2,1-4H3,(H,16,21). The zero-order valence-corrected chi connectivity index (χ0v) is 13.6. The van der Waals surface area contributed by atoms with Crippen LogP contribution in [0.15, 0.2) is 16.7 Å². The lowest BCUT2D eigenvalue weighted by atomic mass is 10.3. The number of carbonyl (C=O) groups is 1. The SMILES string of the molecule is Cc1cc(C)n(CCCNC(=O)N(C)Cc2cc(C)on2)n1. The van der Waals surface area contributed by atoms with Crippen molar-refractivity contribution in [2.45, 2.75) is 40.3 Å². The van der Waals surface area contributed by atoms with Gasteiger partial charge in [-0.3, -0.25) is 4.68 Å². The van der Waals surface area contributed by atoms with Crippen molar-refractivity contribution >= 4 is 6.03 Å². The highest BCUT2D eigenvalue weighted by atomic mass is 16.5. The minimum atomic E-state index is -0.117. The molecule has 0 saturated heterocycles. The fraction of sp³-hybridized carbons (Fsp3) is 0.533. The molecule has 0 spiro atoms. The van der Waals surface area contributed by atoms with Gasteiger partial charge in [-0.25, -0.2) is 4.79 Å². The first-order chi connectivity index (χ1) is 10.5. The van der Waals surface area contributed by atoms with E-state index < -0.39 is 0 Å². The molecule has 2 heterocycles. The highest BCUT2D eigenvalue weighted by Gasteiger charge is 2.11. The number of urea groups is 1. The van der Waals surface area contributed by atoms with Gasteiger partial charge in [-0.1, -0.05) is 5.16 Å². The average molecular weight is 305 g/mol. The molecule has 0 aliphatic heterocycles. The molecule has 0 bridgehead atoms. The summed E-state index contributed by atoms with van der Waals surface area (Å²) in [6.07, 6.45) is 0.838. The lowest BCUT2D eigenvalue weighted by molar-refractivity contribution is 0.205. The van der Waals surface area contributed by atoms with Crippen LogP contribution in [0.1, 0.15) is 29.3 Å². The Morgan fingerprint density at radius 3 is 2.73 bits per heavy atom. The average Bonchev–Trinajstić information content (AvgIpc) is 3.00. The van der Waals surface area contributed by atoms with Crippen LogP contribution in [0.25, 0.3) is 0 Å². The molecule has 2 aromatic heterocycles. The van der Waals surface area contributed by atoms with Gasteiger partial charge in [0, 0.05) is 31.9 Å². The second kappa shape index (κ2) is 7.11. The molecular weight excluding hydrogens is 282 g/mol. The first-order valence-corrected chi connectivity index (χ1v) is 7.38. The number of nitrogens with one attached hydrogen (secondary N) is 1. The van der Waals surface area contributed by atoms with Gasteiger partial charge in [0.25, 0.3) is 0 Å². The van der Waals surface area contributed by atoms with Gasteiger partial charge in [0.1, 0.15) is 11.5 Å². The van der Waals surface area contributed by atoms with E-state index in [1.807, 2.05) is 37.6 Å². The monoisotopic (exact) mass is 305 g/mol. The second-order valence-electron chi connectivity index (χ2n) is 5.52. The minimum absolute atomic E-state index is 0.117. The van der Waals surface area contributed by atoms with Crippen molar-refractivity contribution in [2.75, 3.05) is 13.6 Å². The maximum Gasteiger partial charge on any atom is 0.317 e. The molecule has 2 rings (SSSR count). The number of rotatable bonds is 6. The van der Waals surface area contributed by atoms with E-state index in [2.05, 4.69) is 15.6 Å². The quantitative estimate of drug-likeness (QED) is 0.828. The van der Waals surface area contributed by atoms with E-state index >= 15 is 0 Å². The summed E-state index contributed by atoms with van der Waals surface area (Å²) in [6, 6.07) is 3.76. The van der Waals surface area contributed by atoms with Crippen LogP contribution < -0.4 is 5.32 Å². The predicted molar refractivity (Wildman–Crippen MR) is 82.4 cm³/mol. The molecule has 2 amide bonds. The maximum absolute atomic E-state index is 12.0. The van der Waals surface area contributed by atoms with Crippen molar-refractivity contribution in [1.82, 2.24) is 25.2 Å². The third kappa shape index (κ3) is 4.34. The smallest absolute Gasteiger partial charge is 0.317 e. The lowest BCUT2D eigenvalue weighted by Crippen LogP contribution is -2.37. The van der Waals surface area contributed by atoms with Crippen molar-refractivity contribution in [2.24, 2.45) is 0 Å². The van der Waals surface area contributed by atoms with Gasteiger partial charge in [0.05, 0.1) is 12.2 Å². The number of aryl methyl sites for hydroxylation is 4. The third-order valence-electron chi connectivity index (χ3n) is 3.35. The van der Waals surface area contributed by atoms with E-state index in [1.54, 1.807) is 11.9 Å². The fourth-order valence-corrected chi connectivity index (χ4v) is 2.27. The molecular formula is C15H23N5O2. The van der Waals surface area contributed by atoms with Gasteiger partial charge in [0.15, 0.2) is 0 Å². The zero-order chi connectivity index (χ0) is 16.1. The van der Waals surface area contributed by atoms with Crippen LogP contribution in [-0.4, -0.2) is 39.5 Å². The Morgan fingerprint density at radius 2 is 2.14 bits per heavy atom. The molecule has 0 atom stereocenters. The Bertz CT molecular complexity index is 632. The van der Waals surface area contributed by atoms with Gasteiger partial charge >= 0.3 is 6.03 Å². The Labute approximate surface area is 130 Å². The fourth-order valence-electron chi connectivity index (χ4n) is 2.27. The number of aromatic nitrogens is 3. The van der Waals surface area contributed by atoms with Crippen LogP contribution in [-0.2, 0) is 13.1 Å². The van der Waals surface area contributed by atoms with E-state index in [-0.39, 0.29) is 6.03 Å². The van der Waals surface area contributed by atoms with Crippen LogP contribution in [0.4, 0.5) is 4.79 Å². The Morgan fingerprint density at radius 1 is 1.36 bits per heavy atom. The minimum Gasteiger partial charge on any atom is -0.361 e. The van der Waals surface area contributed by atoms with E-state index in [4.69, 9.17) is 4.52 Å². The Balaban J connectivity index is 1.70. The predicted octanol–water partition coefficient (Wildman–Crippen LogP) is 2.03. The molecule has 0 saturated carbocycles. The Hall–Kier alpha value is -2.31. The molecule has 120 valence electrons. The molecule has 7 heteroatoms. The van der Waals surface area contributed by atoms with Crippen molar-refractivity contribution < 1.29 is 9.32 Å². The van der Waals surface area contributed by atoms with E-state index in [9.17, 15) is 4.79 Å². The highest BCUT2D eigenvalue weighted by molar-refractivity contribution is 5.73. The summed E-state index contributed by atoms with van der Waals surface area (Å²) in [5.41, 5.74) is 2.91. The van der Waals surface area contributed by atoms with Crippen LogP contribution in [0.5, 0.6) is 0 Å². The lowest BCUT2D eigenvalue weighted by Gasteiger charge is -2.16. The summed E-state index contributed by atoms with van der Waals surface area (Å²) in [5.74, 6) is 0.744. The number of hydrogen-bond donors (Lipinski definition) is 1. The van der Waals surface area contributed by atoms with Crippen LogP contribution >= 0.6 is 0 Å². The van der Waals surface area contributed by atoms with Crippen LogP contribution in [0.3, 0.4) is 0 Å². The van der Waals surface area contributed by atoms with Gasteiger partial charge in [-0.05, 0) is 33.3 Å². The Kier molecular flexibility index (Phi) is 5.19. The van der Waals surface area contributed by atoms with Gasteiger partial charge in [-0.2, -0.15) is 5.10 Å². The molecule has 0 aromatic carbocycles. The van der Waals surface area contributed by atoms with Gasteiger partial charge < -0.3 is 14.7 Å². The van der Waals surface area contributed by atoms with E-state index in [1.165, 1.54) is 0 Å². The summed E-state index contributed by atoms with van der Waals surface area (Å²) in [6.45, 7) is 7.68. The largest absolute Gasteiger partial charge is 0.361 e. The number of amides is 2. The van der Waals surface area contributed by atoms with Gasteiger partial charge in [-0.15, -0.1) is 0 Å². The topological polar surface area (TPSA) is 76.2 Å². The molecule has 0 aliphatic rings. The summed E-state index contributed by atoms with van der Waals surface area (Å²) < 4.78 is 6.95. The molecule has 0 radical (unpaired) electrons. The van der Waals surface area contributed by atoms with Crippen LogP contribution in [0.2, 0.25) is 0 Å². The molecule has 0 unspecified atom stereocenters. The number of carbonyl (C=O) groups excluding carboxylic acids is 1. The molecule has 2 aromatic rings. The van der Waals surface area contributed by atoms with Crippen molar-refractivity contribution in [1.29, 1.82) is 0 Å². The highest BCUT2D eigenvalue weighted by Crippen LogP contribution is 2.05. The summed E-state index contributed by atoms with van der Waals surface area (Å²) in [5, 5.41) is 11.2. The number of hydrogen-bond acceptors (Lipinski definition) is 4. The van der Waals surface area contributed by atoms with Gasteiger partial charge in [0.2, 0.25) is 0 Å². The van der Waals surface area contributed by atoms with Crippen molar-refractivity contribution in [3.63, 3.8) is 0 Å². The third-order valence-corrected chi connectivity index (χ3v) is 3.35. The summed E-state index contributed by atoms with van der Waals surface area (Å²) in [7, 11) is 1.74. The first kappa shape index (κ1) is 16.1. The normalized spacial score (nSPS) is 10.7. The molecule has 1 N–H and O–H groups in total.